The molecule has 0 amide bonds. The molecule has 0 aliphatic carbocycles. The van der Waals surface area contributed by atoms with Crippen molar-refractivity contribution in [1.82, 2.24) is 9.71 Å². The predicted octanol–water partition coefficient (Wildman–Crippen LogP) is 3.31. The van der Waals surface area contributed by atoms with Crippen molar-refractivity contribution in [2.75, 3.05) is 0 Å². The number of allylic oxidation sites excluding steroid dienone is 3. The third kappa shape index (κ3) is 4.54. The number of aromatic nitrogens is 1. The highest BCUT2D eigenvalue weighted by Crippen LogP contribution is 2.19. The van der Waals surface area contributed by atoms with Crippen molar-refractivity contribution < 1.29 is 13.5 Å². The van der Waals surface area contributed by atoms with Gasteiger partial charge in [0.25, 0.3) is 11.3 Å². The van der Waals surface area contributed by atoms with Crippen LogP contribution in [0.2, 0.25) is 0 Å². The van der Waals surface area contributed by atoms with Crippen molar-refractivity contribution in [2.24, 2.45) is 0 Å². The lowest BCUT2D eigenvalue weighted by Gasteiger charge is -2.06. The Bertz CT molecular complexity index is 769. The van der Waals surface area contributed by atoms with Crippen molar-refractivity contribution in [3.05, 3.63) is 72.8 Å². The SMILES string of the molecule is C=C(/C=C\C(=C/C)NS(=O)O)Oc1cnc2ccccc2c1. The number of hydrogen-bond donors (Lipinski definition) is 2. The van der Waals surface area contributed by atoms with E-state index in [1.165, 1.54) is 0 Å². The average Bonchev–Trinajstić information content (AvgIpc) is 2.51. The second kappa shape index (κ2) is 7.53. The molecule has 0 aliphatic rings. The Hall–Kier alpha value is -2.44. The van der Waals surface area contributed by atoms with Crippen LogP contribution in [0.15, 0.2) is 72.8 Å². The predicted molar refractivity (Wildman–Crippen MR) is 88.3 cm³/mol. The minimum atomic E-state index is -2.11. The second-order valence-electron chi connectivity index (χ2n) is 4.36. The van der Waals surface area contributed by atoms with E-state index in [9.17, 15) is 4.21 Å². The van der Waals surface area contributed by atoms with Gasteiger partial charge >= 0.3 is 0 Å². The van der Waals surface area contributed by atoms with Crippen LogP contribution in [0, 0.1) is 0 Å². The first-order valence-corrected chi connectivity index (χ1v) is 7.62. The summed E-state index contributed by atoms with van der Waals surface area (Å²) in [6, 6.07) is 9.60. The maximum Gasteiger partial charge on any atom is 0.259 e. The fourth-order valence-electron chi connectivity index (χ4n) is 1.76. The zero-order chi connectivity index (χ0) is 15.9. The molecule has 1 atom stereocenters. The van der Waals surface area contributed by atoms with Gasteiger partial charge in [-0.15, -0.1) is 0 Å². The molecule has 1 heterocycles. The summed E-state index contributed by atoms with van der Waals surface area (Å²) in [5.41, 5.74) is 1.38. The van der Waals surface area contributed by atoms with Gasteiger partial charge in [0, 0.05) is 11.1 Å². The molecule has 1 unspecified atom stereocenters. The summed E-state index contributed by atoms with van der Waals surface area (Å²) >= 11 is -2.11. The summed E-state index contributed by atoms with van der Waals surface area (Å²) < 4.78 is 27.4. The number of nitrogens with one attached hydrogen (secondary N) is 1. The molecular weight excluding hydrogens is 300 g/mol. The smallest absolute Gasteiger partial charge is 0.259 e. The van der Waals surface area contributed by atoms with Gasteiger partial charge in [0.15, 0.2) is 0 Å². The highest BCUT2D eigenvalue weighted by Gasteiger charge is 2.00. The van der Waals surface area contributed by atoms with Crippen LogP contribution < -0.4 is 9.46 Å². The van der Waals surface area contributed by atoms with Gasteiger partial charge in [-0.2, -0.15) is 0 Å². The molecule has 2 aromatic rings. The summed E-state index contributed by atoms with van der Waals surface area (Å²) in [6.45, 7) is 5.53. The van der Waals surface area contributed by atoms with Crippen LogP contribution in [-0.4, -0.2) is 13.7 Å². The van der Waals surface area contributed by atoms with Crippen LogP contribution >= 0.6 is 0 Å². The van der Waals surface area contributed by atoms with Crippen molar-refractivity contribution in [2.45, 2.75) is 6.92 Å². The first-order chi connectivity index (χ1) is 10.6. The van der Waals surface area contributed by atoms with Crippen LogP contribution in [0.5, 0.6) is 5.75 Å². The highest BCUT2D eigenvalue weighted by molar-refractivity contribution is 7.77. The molecule has 0 aliphatic heterocycles. The summed E-state index contributed by atoms with van der Waals surface area (Å²) in [5.74, 6) is 0.969. The average molecular weight is 316 g/mol. The van der Waals surface area contributed by atoms with E-state index in [-0.39, 0.29) is 0 Å². The molecule has 0 saturated carbocycles. The maximum absolute atomic E-state index is 10.7. The lowest BCUT2D eigenvalue weighted by Crippen LogP contribution is -2.13. The molecule has 0 bridgehead atoms. The molecule has 1 aromatic heterocycles. The van der Waals surface area contributed by atoms with Gasteiger partial charge in [-0.25, -0.2) is 4.21 Å². The molecule has 5 nitrogen and oxygen atoms in total. The first kappa shape index (κ1) is 15.9. The van der Waals surface area contributed by atoms with Crippen LogP contribution in [0.3, 0.4) is 0 Å². The molecule has 0 fully saturated rings. The lowest BCUT2D eigenvalue weighted by molar-refractivity contribution is 0.445. The second-order valence-corrected chi connectivity index (χ2v) is 5.06. The zero-order valence-electron chi connectivity index (χ0n) is 12.0. The normalized spacial score (nSPS) is 13.3. The first-order valence-electron chi connectivity index (χ1n) is 6.52. The summed E-state index contributed by atoms with van der Waals surface area (Å²) in [5, 5.41) is 0.975. The Labute approximate surface area is 131 Å². The molecule has 0 radical (unpaired) electrons. The molecule has 0 saturated heterocycles. The fourth-order valence-corrected chi connectivity index (χ4v) is 2.15. The van der Waals surface area contributed by atoms with E-state index in [1.54, 1.807) is 31.3 Å². The van der Waals surface area contributed by atoms with Crippen molar-refractivity contribution >= 4 is 22.2 Å². The van der Waals surface area contributed by atoms with Crippen LogP contribution in [0.4, 0.5) is 0 Å². The molecule has 6 heteroatoms. The van der Waals surface area contributed by atoms with Gasteiger partial charge in [-0.3, -0.25) is 14.3 Å². The number of ether oxygens (including phenoxy) is 1. The van der Waals surface area contributed by atoms with E-state index in [0.717, 1.165) is 10.9 Å². The number of rotatable bonds is 6. The lowest BCUT2D eigenvalue weighted by atomic mass is 10.2. The van der Waals surface area contributed by atoms with Gasteiger partial charge in [0.2, 0.25) is 0 Å². The Morgan fingerprint density at radius 1 is 1.41 bits per heavy atom. The fraction of sp³-hybridized carbons (Fsp3) is 0.0625. The van der Waals surface area contributed by atoms with Crippen LogP contribution in [0.1, 0.15) is 6.92 Å². The van der Waals surface area contributed by atoms with Gasteiger partial charge in [0.1, 0.15) is 11.5 Å². The van der Waals surface area contributed by atoms with Gasteiger partial charge in [-0.05, 0) is 31.2 Å². The van der Waals surface area contributed by atoms with E-state index in [4.69, 9.17) is 9.29 Å². The number of benzene rings is 1. The standard InChI is InChI=1S/C16H16N2O3S/c1-3-14(18-22(19)20)9-8-12(2)21-15-10-13-6-4-5-7-16(13)17-11-15/h3-11,18H,2H2,1H3,(H,19,20)/b9-8-,14-3+. The number of pyridine rings is 1. The van der Waals surface area contributed by atoms with Crippen LogP contribution in [0.25, 0.3) is 10.9 Å². The molecule has 2 N–H and O–H groups in total. The van der Waals surface area contributed by atoms with Gasteiger partial charge in [-0.1, -0.05) is 30.9 Å². The number of fused-ring (bicyclic) bond motifs is 1. The van der Waals surface area contributed by atoms with E-state index in [2.05, 4.69) is 16.3 Å². The molecule has 0 spiro atoms. The maximum atomic E-state index is 10.7. The quantitative estimate of drug-likeness (QED) is 0.487. The van der Waals surface area contributed by atoms with Crippen molar-refractivity contribution in [3.8, 4) is 5.75 Å². The largest absolute Gasteiger partial charge is 0.456 e. The Balaban J connectivity index is 2.05. The minimum absolute atomic E-state index is 0.391. The Morgan fingerprint density at radius 3 is 2.91 bits per heavy atom. The summed E-state index contributed by atoms with van der Waals surface area (Å²) in [4.78, 5) is 4.30. The Kier molecular flexibility index (Phi) is 5.46. The molecule has 2 rings (SSSR count). The molecule has 114 valence electrons. The van der Waals surface area contributed by atoms with E-state index < -0.39 is 11.3 Å². The third-order valence-electron chi connectivity index (χ3n) is 2.78. The summed E-state index contributed by atoms with van der Waals surface area (Å²) in [6.07, 6.45) is 6.49. The number of para-hydroxylation sites is 1. The molecule has 22 heavy (non-hydrogen) atoms. The minimum Gasteiger partial charge on any atom is -0.456 e. The van der Waals surface area contributed by atoms with Crippen molar-refractivity contribution in [3.63, 3.8) is 0 Å². The monoisotopic (exact) mass is 316 g/mol. The van der Waals surface area contributed by atoms with Crippen molar-refractivity contribution in [1.29, 1.82) is 0 Å². The molecular formula is C16H16N2O3S. The van der Waals surface area contributed by atoms with Gasteiger partial charge < -0.3 is 4.74 Å². The molecule has 1 aromatic carbocycles. The number of hydrogen-bond acceptors (Lipinski definition) is 3. The highest BCUT2D eigenvalue weighted by atomic mass is 32.2. The van der Waals surface area contributed by atoms with E-state index in [0.29, 0.717) is 17.2 Å². The zero-order valence-corrected chi connectivity index (χ0v) is 12.8. The van der Waals surface area contributed by atoms with E-state index in [1.807, 2.05) is 30.3 Å². The number of nitrogens with zero attached hydrogens (tertiary/aromatic N) is 1. The van der Waals surface area contributed by atoms with E-state index >= 15 is 0 Å². The van der Waals surface area contributed by atoms with Gasteiger partial charge in [0.05, 0.1) is 11.7 Å². The topological polar surface area (TPSA) is 71.5 Å². The third-order valence-corrected chi connectivity index (χ3v) is 3.19. The summed E-state index contributed by atoms with van der Waals surface area (Å²) in [7, 11) is 0. The Morgan fingerprint density at radius 2 is 2.18 bits per heavy atom. The van der Waals surface area contributed by atoms with Crippen LogP contribution in [-0.2, 0) is 11.3 Å².